The van der Waals surface area contributed by atoms with E-state index in [0.717, 1.165) is 30.0 Å². The quantitative estimate of drug-likeness (QED) is 0.932. The Bertz CT molecular complexity index is 610. The van der Waals surface area contributed by atoms with Gasteiger partial charge in [-0.2, -0.15) is 0 Å². The number of nitrogens with one attached hydrogen (secondary N) is 1. The van der Waals surface area contributed by atoms with E-state index in [1.807, 2.05) is 18.2 Å². The van der Waals surface area contributed by atoms with E-state index < -0.39 is 0 Å². The molecule has 1 aliphatic rings. The van der Waals surface area contributed by atoms with Crippen LogP contribution >= 0.6 is 0 Å². The van der Waals surface area contributed by atoms with Crippen LogP contribution in [0, 0.1) is 0 Å². The fraction of sp³-hybridized carbons (Fsp3) is 0.333. The number of fused-ring (bicyclic) bond motifs is 1. The van der Waals surface area contributed by atoms with Gasteiger partial charge in [-0.1, -0.05) is 30.3 Å². The molecule has 3 heteroatoms. The molecule has 21 heavy (non-hydrogen) atoms. The van der Waals surface area contributed by atoms with Gasteiger partial charge in [0.25, 0.3) is 0 Å². The van der Waals surface area contributed by atoms with Crippen LogP contribution in [0.1, 0.15) is 29.7 Å². The fourth-order valence-corrected chi connectivity index (χ4v) is 2.78. The second-order valence-corrected chi connectivity index (χ2v) is 5.40. The van der Waals surface area contributed by atoms with Crippen LogP contribution in [0.5, 0.6) is 11.5 Å². The maximum atomic E-state index is 5.98. The predicted molar refractivity (Wildman–Crippen MR) is 83.9 cm³/mol. The summed E-state index contributed by atoms with van der Waals surface area (Å²) in [6.07, 6.45) is 1.04. The number of methoxy groups -OCH3 is 1. The lowest BCUT2D eigenvalue weighted by atomic mass is 9.94. The van der Waals surface area contributed by atoms with Crippen molar-refractivity contribution in [3.05, 3.63) is 59.2 Å². The van der Waals surface area contributed by atoms with Crippen molar-refractivity contribution in [2.45, 2.75) is 26.0 Å². The maximum Gasteiger partial charge on any atom is 0.162 e. The zero-order valence-electron chi connectivity index (χ0n) is 12.6. The zero-order valence-corrected chi connectivity index (χ0v) is 12.6. The largest absolute Gasteiger partial charge is 0.493 e. The summed E-state index contributed by atoms with van der Waals surface area (Å²) in [5.74, 6) is 1.63. The van der Waals surface area contributed by atoms with Crippen LogP contribution in [-0.4, -0.2) is 13.7 Å². The van der Waals surface area contributed by atoms with E-state index in [1.54, 1.807) is 7.11 Å². The smallest absolute Gasteiger partial charge is 0.162 e. The number of hydrogen-bond donors (Lipinski definition) is 1. The Morgan fingerprint density at radius 1 is 1.14 bits per heavy atom. The second kappa shape index (κ2) is 6.19. The van der Waals surface area contributed by atoms with Gasteiger partial charge in [0.05, 0.1) is 7.11 Å². The third-order valence-corrected chi connectivity index (χ3v) is 3.97. The molecular formula is C18H21NO2. The molecule has 1 unspecified atom stereocenters. The minimum Gasteiger partial charge on any atom is -0.493 e. The van der Waals surface area contributed by atoms with Gasteiger partial charge in [0, 0.05) is 6.04 Å². The summed E-state index contributed by atoms with van der Waals surface area (Å²) in [6, 6.07) is 14.8. The van der Waals surface area contributed by atoms with Gasteiger partial charge in [0.1, 0.15) is 6.61 Å². The molecule has 0 spiro atoms. The molecule has 0 bridgehead atoms. The minimum atomic E-state index is 0.360. The Morgan fingerprint density at radius 3 is 2.71 bits per heavy atom. The fourth-order valence-electron chi connectivity index (χ4n) is 2.78. The predicted octanol–water partition coefficient (Wildman–Crippen LogP) is 3.48. The van der Waals surface area contributed by atoms with Crippen LogP contribution in [0.3, 0.4) is 0 Å². The van der Waals surface area contributed by atoms with Crippen molar-refractivity contribution in [1.82, 2.24) is 5.32 Å². The summed E-state index contributed by atoms with van der Waals surface area (Å²) in [5, 5.41) is 3.48. The first kappa shape index (κ1) is 14.0. The highest BCUT2D eigenvalue weighted by molar-refractivity contribution is 5.49. The average molecular weight is 283 g/mol. The van der Waals surface area contributed by atoms with Crippen molar-refractivity contribution in [2.24, 2.45) is 0 Å². The van der Waals surface area contributed by atoms with Gasteiger partial charge in [-0.25, -0.2) is 0 Å². The Hall–Kier alpha value is -2.00. The van der Waals surface area contributed by atoms with E-state index in [4.69, 9.17) is 9.47 Å². The Labute approximate surface area is 125 Å². The minimum absolute atomic E-state index is 0.360. The van der Waals surface area contributed by atoms with Crippen LogP contribution < -0.4 is 14.8 Å². The molecule has 3 nitrogen and oxygen atoms in total. The molecule has 0 aliphatic carbocycles. The lowest BCUT2D eigenvalue weighted by Gasteiger charge is -2.25. The van der Waals surface area contributed by atoms with Crippen LogP contribution in [0.15, 0.2) is 42.5 Å². The zero-order chi connectivity index (χ0) is 14.7. The van der Waals surface area contributed by atoms with Crippen LogP contribution in [0.2, 0.25) is 0 Å². The molecule has 0 saturated heterocycles. The van der Waals surface area contributed by atoms with Crippen molar-refractivity contribution >= 4 is 0 Å². The monoisotopic (exact) mass is 283 g/mol. The van der Waals surface area contributed by atoms with E-state index >= 15 is 0 Å². The lowest BCUT2D eigenvalue weighted by Crippen LogP contribution is -2.27. The topological polar surface area (TPSA) is 30.5 Å². The summed E-state index contributed by atoms with van der Waals surface area (Å²) < 4.78 is 11.5. The van der Waals surface area contributed by atoms with E-state index in [2.05, 4.69) is 36.5 Å². The average Bonchev–Trinajstić information content (AvgIpc) is 2.53. The van der Waals surface area contributed by atoms with Gasteiger partial charge in [0.2, 0.25) is 0 Å². The maximum absolute atomic E-state index is 5.98. The molecule has 110 valence electrons. The van der Waals surface area contributed by atoms with Crippen molar-refractivity contribution in [1.29, 1.82) is 0 Å². The third-order valence-electron chi connectivity index (χ3n) is 3.97. The molecule has 0 fully saturated rings. The van der Waals surface area contributed by atoms with Crippen molar-refractivity contribution < 1.29 is 9.47 Å². The van der Waals surface area contributed by atoms with Crippen LogP contribution in [-0.2, 0) is 13.0 Å². The summed E-state index contributed by atoms with van der Waals surface area (Å²) >= 11 is 0. The molecular weight excluding hydrogens is 262 g/mol. The van der Waals surface area contributed by atoms with Gasteiger partial charge in [0.15, 0.2) is 11.5 Å². The number of benzene rings is 2. The Kier molecular flexibility index (Phi) is 4.11. The highest BCUT2D eigenvalue weighted by Crippen LogP contribution is 2.35. The molecule has 0 aromatic heterocycles. The first-order chi connectivity index (χ1) is 10.3. The van der Waals surface area contributed by atoms with Crippen molar-refractivity contribution in [3.8, 4) is 11.5 Å². The molecule has 0 amide bonds. The third kappa shape index (κ3) is 3.03. The standard InChI is InChI=1S/C18H21NO2/c1-13-16-11-18(21-12-14-6-4-3-5-7-14)17(20-2)10-15(16)8-9-19-13/h3-7,10-11,13,19H,8-9,12H2,1-2H3. The second-order valence-electron chi connectivity index (χ2n) is 5.40. The van der Waals surface area contributed by atoms with Gasteiger partial charge in [-0.3, -0.25) is 0 Å². The lowest BCUT2D eigenvalue weighted by molar-refractivity contribution is 0.283. The van der Waals surface area contributed by atoms with E-state index in [1.165, 1.54) is 11.1 Å². The molecule has 0 radical (unpaired) electrons. The molecule has 1 aliphatic heterocycles. The van der Waals surface area contributed by atoms with Crippen molar-refractivity contribution in [2.75, 3.05) is 13.7 Å². The summed E-state index contributed by atoms with van der Waals surface area (Å²) in [7, 11) is 1.70. The molecule has 3 rings (SSSR count). The van der Waals surface area contributed by atoms with Crippen LogP contribution in [0.25, 0.3) is 0 Å². The normalized spacial score (nSPS) is 17.1. The molecule has 2 aromatic rings. The molecule has 1 N–H and O–H groups in total. The van der Waals surface area contributed by atoms with Crippen molar-refractivity contribution in [3.63, 3.8) is 0 Å². The summed E-state index contributed by atoms with van der Waals surface area (Å²) in [6.45, 7) is 3.75. The Morgan fingerprint density at radius 2 is 1.95 bits per heavy atom. The van der Waals surface area contributed by atoms with Gasteiger partial charge < -0.3 is 14.8 Å². The SMILES string of the molecule is COc1cc2c(cc1OCc1ccccc1)C(C)NCC2. The highest BCUT2D eigenvalue weighted by atomic mass is 16.5. The number of ether oxygens (including phenoxy) is 2. The molecule has 1 atom stereocenters. The Balaban J connectivity index is 1.85. The van der Waals surface area contributed by atoms with E-state index in [-0.39, 0.29) is 0 Å². The highest BCUT2D eigenvalue weighted by Gasteiger charge is 2.19. The van der Waals surface area contributed by atoms with E-state index in [9.17, 15) is 0 Å². The van der Waals surface area contributed by atoms with Gasteiger partial charge in [-0.05, 0) is 48.7 Å². The molecule has 2 aromatic carbocycles. The van der Waals surface area contributed by atoms with Crippen LogP contribution in [0.4, 0.5) is 0 Å². The number of rotatable bonds is 4. The number of hydrogen-bond acceptors (Lipinski definition) is 3. The van der Waals surface area contributed by atoms with E-state index in [0.29, 0.717) is 12.6 Å². The van der Waals surface area contributed by atoms with Gasteiger partial charge >= 0.3 is 0 Å². The van der Waals surface area contributed by atoms with Gasteiger partial charge in [-0.15, -0.1) is 0 Å². The summed E-state index contributed by atoms with van der Waals surface area (Å²) in [4.78, 5) is 0. The molecule has 1 heterocycles. The first-order valence-electron chi connectivity index (χ1n) is 7.39. The molecule has 0 saturated carbocycles. The first-order valence-corrected chi connectivity index (χ1v) is 7.39. The summed E-state index contributed by atoms with van der Waals surface area (Å²) in [5.41, 5.74) is 3.82.